The third-order valence-electron chi connectivity index (χ3n) is 7.23. The molecule has 0 spiro atoms. The number of hydrogen-bond acceptors (Lipinski definition) is 4. The minimum Gasteiger partial charge on any atom is -1.00 e. The van der Waals surface area contributed by atoms with Gasteiger partial charge in [-0.05, 0) is 12.0 Å². The first-order chi connectivity index (χ1) is 19.4. The molecule has 1 atom stereocenters. The normalized spacial score (nSPS) is 12.1. The number of carbonyl (C=O) groups is 1. The fourth-order valence-electron chi connectivity index (χ4n) is 4.61. The third-order valence-corrected chi connectivity index (χ3v) is 7.23. The highest BCUT2D eigenvalue weighted by Gasteiger charge is 2.14. The molecule has 41 heavy (non-hydrogen) atoms. The van der Waals surface area contributed by atoms with Gasteiger partial charge < -0.3 is 36.4 Å². The molecule has 7 heteroatoms. The largest absolute Gasteiger partial charge is 1.00 e. The average molecular weight is 599 g/mol. The summed E-state index contributed by atoms with van der Waals surface area (Å²) in [7, 11) is 6.28. The third kappa shape index (κ3) is 27.3. The van der Waals surface area contributed by atoms with Gasteiger partial charge in [-0.15, -0.1) is 0 Å². The van der Waals surface area contributed by atoms with E-state index >= 15 is 0 Å². The van der Waals surface area contributed by atoms with Crippen LogP contribution in [0.3, 0.4) is 0 Å². The first-order valence-corrected chi connectivity index (χ1v) is 16.3. The van der Waals surface area contributed by atoms with Gasteiger partial charge in [0.15, 0.2) is 0 Å². The Kier molecular flexibility index (Phi) is 26.6. The predicted molar refractivity (Wildman–Crippen MR) is 168 cm³/mol. The molecule has 0 fully saturated rings. The summed E-state index contributed by atoms with van der Waals surface area (Å²) >= 11 is 0. The van der Waals surface area contributed by atoms with Crippen LogP contribution in [0.5, 0.6) is 0 Å². The van der Waals surface area contributed by atoms with Gasteiger partial charge in [-0.3, -0.25) is 0 Å². The maximum Gasteiger partial charge on any atom is 0.407 e. The van der Waals surface area contributed by atoms with Crippen LogP contribution in [-0.2, 0) is 20.8 Å². The lowest BCUT2D eigenvalue weighted by molar-refractivity contribution is -0.869. The number of alkyl carbamates (subject to hydrolysis) is 1. The standard InChI is InChI=1S/C34H62N2O4.ClH/c1-5-6-7-8-9-10-11-12-13-14-15-16-17-18-19-23-28-38-30-33(39-29-32-24-21-20-22-25-32)31-40-34(37)35-26-27-36(2,3)4;/h20-22,24-25,33H,5-19,23,26-31H2,1-4H3;1H. The molecule has 0 aliphatic heterocycles. The predicted octanol–water partition coefficient (Wildman–Crippen LogP) is 5.29. The number of rotatable bonds is 27. The van der Waals surface area contributed by atoms with Crippen LogP contribution in [-0.4, -0.2) is 70.7 Å². The minimum absolute atomic E-state index is 0. The number of amides is 1. The monoisotopic (exact) mass is 598 g/mol. The van der Waals surface area contributed by atoms with E-state index in [4.69, 9.17) is 14.2 Å². The molecule has 6 nitrogen and oxygen atoms in total. The number of quaternary nitrogens is 1. The van der Waals surface area contributed by atoms with Gasteiger partial charge in [0.25, 0.3) is 0 Å². The fraction of sp³-hybridized carbons (Fsp3) is 0.794. The highest BCUT2D eigenvalue weighted by Crippen LogP contribution is 2.14. The molecular formula is C34H63ClN2O4. The average Bonchev–Trinajstić information content (AvgIpc) is 2.93. The van der Waals surface area contributed by atoms with E-state index in [9.17, 15) is 4.79 Å². The van der Waals surface area contributed by atoms with Crippen molar-refractivity contribution in [2.24, 2.45) is 0 Å². The summed E-state index contributed by atoms with van der Waals surface area (Å²) in [6.07, 6.45) is 21.1. The van der Waals surface area contributed by atoms with Crippen molar-refractivity contribution in [2.45, 2.75) is 122 Å². The molecule has 0 heterocycles. The van der Waals surface area contributed by atoms with Crippen molar-refractivity contribution in [3.63, 3.8) is 0 Å². The summed E-state index contributed by atoms with van der Waals surface area (Å²) in [5, 5.41) is 2.82. The number of carbonyl (C=O) groups excluding carboxylic acids is 1. The number of likely N-dealkylation sites (N-methyl/N-ethyl adjacent to an activating group) is 1. The summed E-state index contributed by atoms with van der Waals surface area (Å²) < 4.78 is 18.2. The molecular weight excluding hydrogens is 536 g/mol. The Hall–Kier alpha value is -1.34. The zero-order valence-corrected chi connectivity index (χ0v) is 27.7. The molecule has 1 N–H and O–H groups in total. The maximum absolute atomic E-state index is 12.1. The lowest BCUT2D eigenvalue weighted by Gasteiger charge is -2.24. The van der Waals surface area contributed by atoms with Gasteiger partial charge >= 0.3 is 6.09 Å². The second-order valence-corrected chi connectivity index (χ2v) is 12.3. The van der Waals surface area contributed by atoms with Crippen LogP contribution >= 0.6 is 0 Å². The van der Waals surface area contributed by atoms with Crippen LogP contribution in [0.25, 0.3) is 0 Å². The highest BCUT2D eigenvalue weighted by atomic mass is 35.5. The molecule has 0 saturated heterocycles. The zero-order valence-electron chi connectivity index (χ0n) is 27.0. The van der Waals surface area contributed by atoms with E-state index in [-0.39, 0.29) is 25.1 Å². The van der Waals surface area contributed by atoms with E-state index in [2.05, 4.69) is 33.4 Å². The second-order valence-electron chi connectivity index (χ2n) is 12.3. The molecule has 1 rings (SSSR count). The van der Waals surface area contributed by atoms with E-state index in [0.717, 1.165) is 29.6 Å². The van der Waals surface area contributed by atoms with E-state index in [1.54, 1.807) is 0 Å². The van der Waals surface area contributed by atoms with Gasteiger partial charge in [-0.1, -0.05) is 134 Å². The summed E-state index contributed by atoms with van der Waals surface area (Å²) in [6.45, 7) is 5.51. The smallest absolute Gasteiger partial charge is 0.407 e. The molecule has 0 aliphatic carbocycles. The number of hydrogen-bond donors (Lipinski definition) is 1. The van der Waals surface area contributed by atoms with Crippen LogP contribution in [0.4, 0.5) is 4.79 Å². The van der Waals surface area contributed by atoms with Crippen molar-refractivity contribution < 1.29 is 35.9 Å². The van der Waals surface area contributed by atoms with Crippen LogP contribution in [0.1, 0.15) is 115 Å². The first-order valence-electron chi connectivity index (χ1n) is 16.3. The number of ether oxygens (including phenoxy) is 3. The molecule has 0 bridgehead atoms. The quantitative estimate of drug-likeness (QED) is 0.110. The van der Waals surface area contributed by atoms with Crippen molar-refractivity contribution in [1.29, 1.82) is 0 Å². The van der Waals surface area contributed by atoms with Crippen molar-refractivity contribution in [3.05, 3.63) is 35.9 Å². The lowest BCUT2D eigenvalue weighted by Crippen LogP contribution is -3.00. The van der Waals surface area contributed by atoms with Crippen molar-refractivity contribution in [1.82, 2.24) is 5.32 Å². The van der Waals surface area contributed by atoms with Crippen LogP contribution < -0.4 is 17.7 Å². The summed E-state index contributed by atoms with van der Waals surface area (Å²) in [6, 6.07) is 10.1. The summed E-state index contributed by atoms with van der Waals surface area (Å²) in [5.74, 6) is 0. The van der Waals surface area contributed by atoms with E-state index in [0.29, 0.717) is 19.8 Å². The number of unbranched alkanes of at least 4 members (excludes halogenated alkanes) is 15. The van der Waals surface area contributed by atoms with Crippen molar-refractivity contribution >= 4 is 6.09 Å². The van der Waals surface area contributed by atoms with Gasteiger partial charge in [-0.25, -0.2) is 4.79 Å². The molecule has 0 aliphatic rings. The van der Waals surface area contributed by atoms with Gasteiger partial charge in [0.2, 0.25) is 0 Å². The van der Waals surface area contributed by atoms with Crippen molar-refractivity contribution in [2.75, 3.05) is 54.1 Å². The summed E-state index contributed by atoms with van der Waals surface area (Å²) in [5.41, 5.74) is 1.10. The van der Waals surface area contributed by atoms with E-state index in [1.807, 2.05) is 30.3 Å². The number of nitrogens with zero attached hydrogens (tertiary/aromatic N) is 1. The van der Waals surface area contributed by atoms with Crippen LogP contribution in [0.2, 0.25) is 0 Å². The molecule has 0 aromatic heterocycles. The fourth-order valence-corrected chi connectivity index (χ4v) is 4.61. The molecule has 240 valence electrons. The molecule has 1 aromatic carbocycles. The number of benzene rings is 1. The highest BCUT2D eigenvalue weighted by molar-refractivity contribution is 5.67. The molecule has 1 unspecified atom stereocenters. The van der Waals surface area contributed by atoms with Crippen LogP contribution in [0, 0.1) is 0 Å². The lowest BCUT2D eigenvalue weighted by atomic mass is 10.0. The van der Waals surface area contributed by atoms with Gasteiger partial charge in [0.1, 0.15) is 12.7 Å². The number of nitrogens with one attached hydrogen (secondary N) is 1. The Bertz CT molecular complexity index is 700. The Labute approximate surface area is 259 Å². The van der Waals surface area contributed by atoms with Gasteiger partial charge in [0.05, 0.1) is 47.4 Å². The molecule has 1 aromatic rings. The van der Waals surface area contributed by atoms with Gasteiger partial charge in [0, 0.05) is 6.61 Å². The SMILES string of the molecule is CCCCCCCCCCCCCCCCCCOCC(COC(=O)NCC[N+](C)(C)C)OCc1ccccc1.[Cl-]. The Morgan fingerprint density at radius 2 is 1.27 bits per heavy atom. The van der Waals surface area contributed by atoms with Crippen molar-refractivity contribution in [3.8, 4) is 0 Å². The van der Waals surface area contributed by atoms with E-state index < -0.39 is 6.09 Å². The zero-order chi connectivity index (χ0) is 29.2. The topological polar surface area (TPSA) is 56.8 Å². The maximum atomic E-state index is 12.1. The summed E-state index contributed by atoms with van der Waals surface area (Å²) in [4.78, 5) is 12.1. The number of halogens is 1. The molecule has 0 radical (unpaired) electrons. The molecule has 0 saturated carbocycles. The Morgan fingerprint density at radius 1 is 0.756 bits per heavy atom. The first kappa shape index (κ1) is 39.7. The van der Waals surface area contributed by atoms with Gasteiger partial charge in [-0.2, -0.15) is 0 Å². The van der Waals surface area contributed by atoms with E-state index in [1.165, 1.54) is 96.3 Å². The minimum atomic E-state index is -0.403. The Morgan fingerprint density at radius 3 is 1.78 bits per heavy atom. The van der Waals surface area contributed by atoms with Crippen LogP contribution in [0.15, 0.2) is 30.3 Å². The Balaban J connectivity index is 0.0000160. The molecule has 1 amide bonds. The second kappa shape index (κ2) is 27.5.